The molecular weight excluding hydrogens is 703 g/mol. The highest BCUT2D eigenvalue weighted by atomic mass is 16.6. The number of rotatable bonds is 36. The maximum atomic E-state index is 12.6. The van der Waals surface area contributed by atoms with Gasteiger partial charge >= 0.3 is 11.9 Å². The molecule has 0 aliphatic heterocycles. The monoisotopic (exact) mass is 780 g/mol. The number of carbonyl (C=O) groups excluding carboxylic acids is 3. The SMILES string of the molecule is CC/C=C/C/C=C/C/C=C/C/C=C/C/C=C/C/C=C/C/C=C/CCCC(=O)OCC(COCCC(C(=O)[O-])[N+](C)(C)C)OC(=O)CCC/C=C/CCCCCC. The van der Waals surface area contributed by atoms with Gasteiger partial charge in [0.1, 0.15) is 12.6 Å². The van der Waals surface area contributed by atoms with Gasteiger partial charge in [0.2, 0.25) is 0 Å². The molecule has 0 aliphatic carbocycles. The van der Waals surface area contributed by atoms with E-state index in [4.69, 9.17) is 14.2 Å². The van der Waals surface area contributed by atoms with Crippen molar-refractivity contribution in [2.24, 2.45) is 0 Å². The van der Waals surface area contributed by atoms with Crippen LogP contribution in [0.5, 0.6) is 0 Å². The molecule has 0 rings (SSSR count). The van der Waals surface area contributed by atoms with Crippen LogP contribution in [-0.4, -0.2) is 75.5 Å². The maximum Gasteiger partial charge on any atom is 0.306 e. The van der Waals surface area contributed by atoms with Crippen LogP contribution in [0, 0.1) is 0 Å². The number of esters is 2. The minimum absolute atomic E-state index is 0.00489. The molecule has 0 aliphatic rings. The van der Waals surface area contributed by atoms with E-state index >= 15 is 0 Å². The fourth-order valence-corrected chi connectivity index (χ4v) is 5.41. The highest BCUT2D eigenvalue weighted by Crippen LogP contribution is 2.10. The summed E-state index contributed by atoms with van der Waals surface area (Å²) in [5, 5.41) is 11.6. The van der Waals surface area contributed by atoms with Crippen molar-refractivity contribution in [2.45, 2.75) is 148 Å². The quantitative estimate of drug-likeness (QED) is 0.0270. The fraction of sp³-hybridized carbons (Fsp3) is 0.604. The van der Waals surface area contributed by atoms with Gasteiger partial charge in [-0.15, -0.1) is 0 Å². The molecular formula is C48H77NO7. The second-order valence-electron chi connectivity index (χ2n) is 14.8. The molecule has 0 spiro atoms. The summed E-state index contributed by atoms with van der Waals surface area (Å²) in [6.45, 7) is 4.38. The van der Waals surface area contributed by atoms with Crippen LogP contribution in [0.1, 0.15) is 136 Å². The first kappa shape index (κ1) is 52.2. The van der Waals surface area contributed by atoms with Crippen LogP contribution in [-0.2, 0) is 28.6 Å². The van der Waals surface area contributed by atoms with Gasteiger partial charge in [0.05, 0.1) is 40.3 Å². The Morgan fingerprint density at radius 2 is 1.00 bits per heavy atom. The van der Waals surface area contributed by atoms with Crippen molar-refractivity contribution in [3.63, 3.8) is 0 Å². The third-order valence-corrected chi connectivity index (χ3v) is 8.70. The van der Waals surface area contributed by atoms with Gasteiger partial charge in [-0.3, -0.25) is 9.59 Å². The van der Waals surface area contributed by atoms with Gasteiger partial charge in [-0.05, 0) is 83.5 Å². The number of likely N-dealkylation sites (N-methyl/N-ethyl adjacent to an activating group) is 1. The number of allylic oxidation sites excluding steroid dienone is 16. The van der Waals surface area contributed by atoms with Crippen LogP contribution in [0.25, 0.3) is 0 Å². The molecule has 8 nitrogen and oxygen atoms in total. The Kier molecular flexibility index (Phi) is 35.6. The zero-order valence-corrected chi connectivity index (χ0v) is 35.8. The second-order valence-corrected chi connectivity index (χ2v) is 14.8. The number of carboxylic acids is 1. The van der Waals surface area contributed by atoms with Crippen molar-refractivity contribution in [1.82, 2.24) is 0 Å². The lowest BCUT2D eigenvalue weighted by atomic mass is 10.1. The van der Waals surface area contributed by atoms with Crippen LogP contribution in [0.2, 0.25) is 0 Å². The third kappa shape index (κ3) is 35.9. The Morgan fingerprint density at radius 3 is 1.46 bits per heavy atom. The topological polar surface area (TPSA) is 102 Å². The average Bonchev–Trinajstić information content (AvgIpc) is 3.15. The third-order valence-electron chi connectivity index (χ3n) is 8.70. The molecule has 0 bridgehead atoms. The molecule has 0 saturated heterocycles. The number of hydrogen-bond acceptors (Lipinski definition) is 7. The van der Waals surface area contributed by atoms with Crippen molar-refractivity contribution in [3.05, 3.63) is 97.2 Å². The molecule has 8 heteroatoms. The first-order valence-electron chi connectivity index (χ1n) is 21.3. The number of carboxylic acid groups (broad SMARTS) is 1. The lowest BCUT2D eigenvalue weighted by molar-refractivity contribution is -0.889. The predicted octanol–water partition coefficient (Wildman–Crippen LogP) is 10.2. The van der Waals surface area contributed by atoms with E-state index in [0.29, 0.717) is 12.8 Å². The molecule has 2 atom stereocenters. The van der Waals surface area contributed by atoms with Gasteiger partial charge in [0.15, 0.2) is 6.10 Å². The zero-order valence-electron chi connectivity index (χ0n) is 35.8. The number of unbranched alkanes of at least 4 members (excludes halogenated alkanes) is 6. The van der Waals surface area contributed by atoms with Gasteiger partial charge in [0.25, 0.3) is 0 Å². The van der Waals surface area contributed by atoms with E-state index in [1.807, 2.05) is 0 Å². The molecule has 2 unspecified atom stereocenters. The minimum Gasteiger partial charge on any atom is -0.544 e. The number of nitrogens with zero attached hydrogens (tertiary/aromatic N) is 1. The Balaban J connectivity index is 4.42. The lowest BCUT2D eigenvalue weighted by Gasteiger charge is -2.34. The number of ether oxygens (including phenoxy) is 3. The number of quaternary nitrogens is 1. The summed E-state index contributed by atoms with van der Waals surface area (Å²) in [5.41, 5.74) is 0. The first-order chi connectivity index (χ1) is 27.1. The van der Waals surface area contributed by atoms with E-state index in [0.717, 1.165) is 64.2 Å². The smallest absolute Gasteiger partial charge is 0.306 e. The molecule has 0 heterocycles. The Bertz CT molecular complexity index is 1230. The van der Waals surface area contributed by atoms with E-state index in [1.165, 1.54) is 25.7 Å². The standard InChI is InChI=1S/C48H77NO7/c1-6-8-10-12-14-16-17-18-19-20-21-22-23-24-25-26-27-28-29-31-32-34-36-38-46(50)55-43-44(42-54-41-40-45(48(52)53)49(3,4)5)56-47(51)39-37-35-33-30-15-13-11-9-7-2/h8,10,14,16,18-19,21-22,24-25,27-28,30-33,44-45H,6-7,9,11-13,15,17,20,23,26,29,34-43H2,1-5H3/b10-8+,16-14+,19-18+,22-21+,25-24+,28-27+,32-31+,33-30+. The summed E-state index contributed by atoms with van der Waals surface area (Å²) in [6.07, 6.45) is 50.3. The summed E-state index contributed by atoms with van der Waals surface area (Å²) < 4.78 is 17.0. The van der Waals surface area contributed by atoms with E-state index in [9.17, 15) is 19.5 Å². The van der Waals surface area contributed by atoms with Crippen LogP contribution in [0.3, 0.4) is 0 Å². The summed E-state index contributed by atoms with van der Waals surface area (Å²) in [5.74, 6) is -1.87. The largest absolute Gasteiger partial charge is 0.544 e. The zero-order chi connectivity index (χ0) is 41.4. The van der Waals surface area contributed by atoms with Gasteiger partial charge in [0, 0.05) is 19.3 Å². The minimum atomic E-state index is -1.14. The van der Waals surface area contributed by atoms with Crippen molar-refractivity contribution in [3.8, 4) is 0 Å². The molecule has 56 heavy (non-hydrogen) atoms. The number of aliphatic carboxylic acids is 1. The van der Waals surface area contributed by atoms with E-state index < -0.39 is 18.1 Å². The maximum absolute atomic E-state index is 12.6. The van der Waals surface area contributed by atoms with Gasteiger partial charge in [-0.2, -0.15) is 0 Å². The van der Waals surface area contributed by atoms with Crippen LogP contribution < -0.4 is 5.11 Å². The van der Waals surface area contributed by atoms with Crippen LogP contribution >= 0.6 is 0 Å². The molecule has 0 aromatic rings. The van der Waals surface area contributed by atoms with Crippen LogP contribution in [0.15, 0.2) is 97.2 Å². The van der Waals surface area contributed by atoms with Crippen molar-refractivity contribution in [1.29, 1.82) is 0 Å². The highest BCUT2D eigenvalue weighted by molar-refractivity contribution is 5.70. The number of hydrogen-bond donors (Lipinski definition) is 0. The van der Waals surface area contributed by atoms with Gasteiger partial charge < -0.3 is 28.6 Å². The van der Waals surface area contributed by atoms with Gasteiger partial charge in [-0.1, -0.05) is 130 Å². The molecule has 0 N–H and O–H groups in total. The molecule has 0 aromatic heterocycles. The summed E-state index contributed by atoms with van der Waals surface area (Å²) in [4.78, 5) is 36.7. The average molecular weight is 780 g/mol. The Morgan fingerprint density at radius 1 is 0.554 bits per heavy atom. The number of carbonyl (C=O) groups is 3. The normalized spacial score (nSPS) is 13.9. The van der Waals surface area contributed by atoms with E-state index in [1.54, 1.807) is 21.1 Å². The molecule has 0 fully saturated rings. The first-order valence-corrected chi connectivity index (χ1v) is 21.3. The van der Waals surface area contributed by atoms with Crippen molar-refractivity contribution in [2.75, 3.05) is 41.0 Å². The second kappa shape index (κ2) is 38.1. The predicted molar refractivity (Wildman–Crippen MR) is 231 cm³/mol. The highest BCUT2D eigenvalue weighted by Gasteiger charge is 2.25. The molecule has 0 amide bonds. The van der Waals surface area contributed by atoms with Crippen molar-refractivity contribution < 1.29 is 38.2 Å². The van der Waals surface area contributed by atoms with Gasteiger partial charge in [-0.25, -0.2) is 0 Å². The Hall–Kier alpha value is -3.75. The lowest BCUT2D eigenvalue weighted by Crippen LogP contribution is -2.55. The van der Waals surface area contributed by atoms with E-state index in [2.05, 4.69) is 111 Å². The van der Waals surface area contributed by atoms with Crippen LogP contribution in [0.4, 0.5) is 0 Å². The molecule has 0 aromatic carbocycles. The summed E-state index contributed by atoms with van der Waals surface area (Å²) in [6, 6.07) is -0.742. The fourth-order valence-electron chi connectivity index (χ4n) is 5.41. The molecule has 0 radical (unpaired) electrons. The molecule has 0 saturated carbocycles. The summed E-state index contributed by atoms with van der Waals surface area (Å²) >= 11 is 0. The van der Waals surface area contributed by atoms with Crippen molar-refractivity contribution >= 4 is 17.9 Å². The molecule has 316 valence electrons. The van der Waals surface area contributed by atoms with E-state index in [-0.39, 0.29) is 55.5 Å². The summed E-state index contributed by atoms with van der Waals surface area (Å²) in [7, 11) is 5.36. The Labute approximate surface area is 341 Å².